The van der Waals surface area contributed by atoms with E-state index in [9.17, 15) is 9.59 Å². The Hall–Kier alpha value is -3.27. The first-order valence-electron chi connectivity index (χ1n) is 11.4. The Morgan fingerprint density at radius 2 is 1.78 bits per heavy atom. The van der Waals surface area contributed by atoms with Crippen LogP contribution in [0.1, 0.15) is 61.6 Å². The number of hydrogen-bond acceptors (Lipinski definition) is 4. The minimum Gasteiger partial charge on any atom is -0.475 e. The zero-order valence-corrected chi connectivity index (χ0v) is 18.8. The number of furan rings is 1. The van der Waals surface area contributed by atoms with Crippen LogP contribution in [0, 0.1) is 12.5 Å². The van der Waals surface area contributed by atoms with E-state index in [0.29, 0.717) is 11.8 Å². The molecule has 2 fully saturated rings. The van der Waals surface area contributed by atoms with Gasteiger partial charge in [0.1, 0.15) is 0 Å². The maximum absolute atomic E-state index is 12.8. The van der Waals surface area contributed by atoms with Crippen molar-refractivity contribution < 1.29 is 14.0 Å². The number of amides is 2. The van der Waals surface area contributed by atoms with Gasteiger partial charge in [0.15, 0.2) is 5.76 Å². The van der Waals surface area contributed by atoms with Crippen LogP contribution in [0.5, 0.6) is 0 Å². The van der Waals surface area contributed by atoms with Crippen molar-refractivity contribution in [2.75, 3.05) is 36.4 Å². The molecule has 2 aliphatic heterocycles. The maximum Gasteiger partial charge on any atom is 0.346 e. The standard InChI is InChI=1S/C25H30N4O3/c1-17-8-12-29(13-9-17)22-16-20(19-10-14-28(15-11-19)18(2)30)4-5-21(22)27-25(31)23-6-7-24(26-3)32-23/h4-7,16-17,19H,8-15H2,1-2H3,(H,27,31). The van der Waals surface area contributed by atoms with Crippen molar-refractivity contribution in [1.82, 2.24) is 4.90 Å². The lowest BCUT2D eigenvalue weighted by atomic mass is 9.88. The van der Waals surface area contributed by atoms with Gasteiger partial charge in [-0.05, 0) is 67.3 Å². The molecule has 32 heavy (non-hydrogen) atoms. The molecule has 4 rings (SSSR count). The van der Waals surface area contributed by atoms with E-state index < -0.39 is 0 Å². The van der Waals surface area contributed by atoms with E-state index in [1.165, 1.54) is 17.7 Å². The fourth-order valence-electron chi connectivity index (χ4n) is 4.64. The number of benzene rings is 1. The van der Waals surface area contributed by atoms with E-state index in [1.54, 1.807) is 6.92 Å². The van der Waals surface area contributed by atoms with Crippen LogP contribution in [0.4, 0.5) is 17.3 Å². The summed E-state index contributed by atoms with van der Waals surface area (Å²) in [6.07, 6.45) is 4.16. The fourth-order valence-corrected chi connectivity index (χ4v) is 4.64. The molecule has 0 spiro atoms. The molecule has 1 aromatic carbocycles. The lowest BCUT2D eigenvalue weighted by Gasteiger charge is -2.35. The molecule has 2 saturated heterocycles. The summed E-state index contributed by atoms with van der Waals surface area (Å²) in [4.78, 5) is 31.9. The number of rotatable bonds is 4. The molecule has 0 aliphatic carbocycles. The molecule has 2 amide bonds. The van der Waals surface area contributed by atoms with Gasteiger partial charge in [0.25, 0.3) is 5.91 Å². The van der Waals surface area contributed by atoms with Crippen molar-refractivity contribution in [3.8, 4) is 0 Å². The summed E-state index contributed by atoms with van der Waals surface area (Å²) < 4.78 is 5.30. The highest BCUT2D eigenvalue weighted by Crippen LogP contribution is 2.36. The van der Waals surface area contributed by atoms with Crippen molar-refractivity contribution in [1.29, 1.82) is 0 Å². The summed E-state index contributed by atoms with van der Waals surface area (Å²) >= 11 is 0. The van der Waals surface area contributed by atoms with Crippen molar-refractivity contribution in [3.63, 3.8) is 0 Å². The summed E-state index contributed by atoms with van der Waals surface area (Å²) in [5.41, 5.74) is 3.05. The Kier molecular flexibility index (Phi) is 6.50. The second-order valence-electron chi connectivity index (χ2n) is 8.93. The maximum atomic E-state index is 12.8. The van der Waals surface area contributed by atoms with E-state index in [0.717, 1.165) is 63.2 Å². The third-order valence-corrected chi connectivity index (χ3v) is 6.73. The molecular formula is C25H30N4O3. The zero-order valence-electron chi connectivity index (χ0n) is 18.8. The van der Waals surface area contributed by atoms with E-state index in [-0.39, 0.29) is 23.5 Å². The summed E-state index contributed by atoms with van der Waals surface area (Å²) in [6.45, 7) is 14.4. The van der Waals surface area contributed by atoms with Gasteiger partial charge in [0.05, 0.1) is 17.9 Å². The van der Waals surface area contributed by atoms with Gasteiger partial charge in [0, 0.05) is 33.1 Å². The number of nitrogens with one attached hydrogen (secondary N) is 1. The van der Waals surface area contributed by atoms with Crippen LogP contribution in [0.3, 0.4) is 0 Å². The predicted octanol–water partition coefficient (Wildman–Crippen LogP) is 5.04. The molecule has 7 heteroatoms. The number of nitrogens with zero attached hydrogens (tertiary/aromatic N) is 3. The van der Waals surface area contributed by atoms with Crippen molar-refractivity contribution in [3.05, 3.63) is 53.1 Å². The lowest BCUT2D eigenvalue weighted by molar-refractivity contribution is -0.129. The van der Waals surface area contributed by atoms with Crippen molar-refractivity contribution in [2.24, 2.45) is 5.92 Å². The van der Waals surface area contributed by atoms with Gasteiger partial charge in [0.2, 0.25) is 5.91 Å². The average molecular weight is 435 g/mol. The predicted molar refractivity (Wildman–Crippen MR) is 124 cm³/mol. The number of carbonyl (C=O) groups is 2. The van der Waals surface area contributed by atoms with E-state index in [1.807, 2.05) is 11.0 Å². The Balaban J connectivity index is 1.57. The first kappa shape index (κ1) is 21.9. The molecule has 0 bridgehead atoms. The third kappa shape index (κ3) is 4.80. The molecule has 3 heterocycles. The normalized spacial score (nSPS) is 17.8. The van der Waals surface area contributed by atoms with E-state index >= 15 is 0 Å². The summed E-state index contributed by atoms with van der Waals surface area (Å²) in [6, 6.07) is 9.32. The van der Waals surface area contributed by atoms with Crippen LogP contribution in [0.25, 0.3) is 4.85 Å². The Bertz CT molecular complexity index is 1020. The molecule has 1 aromatic heterocycles. The van der Waals surface area contributed by atoms with Gasteiger partial charge in [-0.2, -0.15) is 4.85 Å². The molecule has 2 aromatic rings. The summed E-state index contributed by atoms with van der Waals surface area (Å²) in [5.74, 6) is 1.14. The summed E-state index contributed by atoms with van der Waals surface area (Å²) in [7, 11) is 0. The minimum atomic E-state index is -0.353. The Morgan fingerprint density at radius 1 is 1.06 bits per heavy atom. The smallest absolute Gasteiger partial charge is 0.346 e. The Labute approximate surface area is 189 Å². The van der Waals surface area contributed by atoms with Gasteiger partial charge < -0.3 is 19.5 Å². The van der Waals surface area contributed by atoms with Gasteiger partial charge >= 0.3 is 5.88 Å². The Morgan fingerprint density at radius 3 is 2.41 bits per heavy atom. The van der Waals surface area contributed by atoms with E-state index in [4.69, 9.17) is 11.0 Å². The van der Waals surface area contributed by atoms with Gasteiger partial charge in [-0.3, -0.25) is 9.59 Å². The SMILES string of the molecule is [C-]#[N+]c1ccc(C(=O)Nc2ccc(C3CCN(C(C)=O)CC3)cc2N2CCC(C)CC2)o1. The molecule has 1 N–H and O–H groups in total. The second kappa shape index (κ2) is 9.47. The van der Waals surface area contributed by atoms with Crippen LogP contribution in [0.2, 0.25) is 0 Å². The number of carbonyl (C=O) groups excluding carboxylic acids is 2. The average Bonchev–Trinajstić information content (AvgIpc) is 3.30. The molecule has 0 saturated carbocycles. The number of hydrogen-bond donors (Lipinski definition) is 1. The second-order valence-corrected chi connectivity index (χ2v) is 8.93. The molecule has 7 nitrogen and oxygen atoms in total. The molecule has 0 unspecified atom stereocenters. The topological polar surface area (TPSA) is 70.2 Å². The fraction of sp³-hybridized carbons (Fsp3) is 0.480. The molecular weight excluding hydrogens is 404 g/mol. The molecule has 0 atom stereocenters. The van der Waals surface area contributed by atoms with Gasteiger partial charge in [-0.1, -0.05) is 13.0 Å². The monoisotopic (exact) mass is 434 g/mol. The first-order valence-corrected chi connectivity index (χ1v) is 11.4. The van der Waals surface area contributed by atoms with E-state index in [2.05, 4.69) is 34.1 Å². The number of anilines is 2. The molecule has 168 valence electrons. The third-order valence-electron chi connectivity index (χ3n) is 6.73. The van der Waals surface area contributed by atoms with Crippen LogP contribution in [-0.4, -0.2) is 42.9 Å². The quantitative estimate of drug-likeness (QED) is 0.684. The molecule has 0 radical (unpaired) electrons. The number of likely N-dealkylation sites (tertiary alicyclic amines) is 1. The van der Waals surface area contributed by atoms with Crippen molar-refractivity contribution in [2.45, 2.75) is 45.4 Å². The van der Waals surface area contributed by atoms with Crippen LogP contribution in [0.15, 0.2) is 34.7 Å². The van der Waals surface area contributed by atoms with Crippen LogP contribution in [-0.2, 0) is 4.79 Å². The van der Waals surface area contributed by atoms with Crippen molar-refractivity contribution >= 4 is 29.1 Å². The number of piperidine rings is 2. The highest BCUT2D eigenvalue weighted by molar-refractivity contribution is 6.04. The highest BCUT2D eigenvalue weighted by atomic mass is 16.4. The largest absolute Gasteiger partial charge is 0.475 e. The zero-order chi connectivity index (χ0) is 22.7. The van der Waals surface area contributed by atoms with Gasteiger partial charge in [-0.15, -0.1) is 0 Å². The van der Waals surface area contributed by atoms with Crippen LogP contribution >= 0.6 is 0 Å². The molecule has 2 aliphatic rings. The highest BCUT2D eigenvalue weighted by Gasteiger charge is 2.25. The van der Waals surface area contributed by atoms with Crippen LogP contribution < -0.4 is 10.2 Å². The van der Waals surface area contributed by atoms with Gasteiger partial charge in [-0.25, -0.2) is 0 Å². The lowest BCUT2D eigenvalue weighted by Crippen LogP contribution is -2.36. The minimum absolute atomic E-state index is 0.104. The summed E-state index contributed by atoms with van der Waals surface area (Å²) in [5, 5.41) is 2.99. The first-order chi connectivity index (χ1) is 15.4.